The number of carbonyl (C=O) groups is 2. The largest absolute Gasteiger partial charge is 0.495 e. The van der Waals surface area contributed by atoms with Gasteiger partial charge in [-0.1, -0.05) is 18.3 Å². The Morgan fingerprint density at radius 3 is 2.48 bits per heavy atom. The molecule has 2 aromatic rings. The second-order valence-corrected chi connectivity index (χ2v) is 8.24. The summed E-state index contributed by atoms with van der Waals surface area (Å²) in [4.78, 5) is 24.4. The molecule has 0 atom stereocenters. The van der Waals surface area contributed by atoms with Gasteiger partial charge < -0.3 is 14.8 Å². The van der Waals surface area contributed by atoms with Crippen LogP contribution in [0, 0.1) is 0 Å². The van der Waals surface area contributed by atoms with Crippen LogP contribution >= 0.6 is 11.5 Å². The molecule has 1 amide bonds. The van der Waals surface area contributed by atoms with Gasteiger partial charge in [0.1, 0.15) is 10.6 Å². The van der Waals surface area contributed by atoms with E-state index in [4.69, 9.17) is 9.47 Å². The number of carbonyl (C=O) groups excluding carboxylic acids is 2. The van der Waals surface area contributed by atoms with Crippen molar-refractivity contribution in [3.8, 4) is 5.75 Å². The van der Waals surface area contributed by atoms with Gasteiger partial charge in [0.15, 0.2) is 5.00 Å². The monoisotopic (exact) mass is 442 g/mol. The first-order valence-corrected chi connectivity index (χ1v) is 11.0. The molecule has 0 aliphatic rings. The van der Waals surface area contributed by atoms with E-state index < -0.39 is 21.9 Å². The summed E-state index contributed by atoms with van der Waals surface area (Å²) in [6.07, 6.45) is 0. The SMILES string of the molecule is CCOC(=O)c1nnsc1NC(=O)c1ccc(OC)c(S(=O)(=O)N(CC)CC)c1. The van der Waals surface area contributed by atoms with E-state index in [-0.39, 0.29) is 46.6 Å². The summed E-state index contributed by atoms with van der Waals surface area (Å²) in [5.74, 6) is -1.21. The van der Waals surface area contributed by atoms with E-state index in [1.807, 2.05) is 0 Å². The third-order valence-electron chi connectivity index (χ3n) is 3.93. The van der Waals surface area contributed by atoms with Crippen molar-refractivity contribution in [2.75, 3.05) is 32.1 Å². The Labute approximate surface area is 173 Å². The number of methoxy groups -OCH3 is 1. The Hall–Kier alpha value is -2.57. The van der Waals surface area contributed by atoms with E-state index in [2.05, 4.69) is 14.9 Å². The number of anilines is 1. The lowest BCUT2D eigenvalue weighted by molar-refractivity contribution is 0.0520. The fourth-order valence-electron chi connectivity index (χ4n) is 2.50. The van der Waals surface area contributed by atoms with Crippen LogP contribution in [-0.4, -0.2) is 61.0 Å². The van der Waals surface area contributed by atoms with Crippen LogP contribution in [0.25, 0.3) is 0 Å². The molecule has 2 rings (SSSR count). The fraction of sp³-hybridized carbons (Fsp3) is 0.412. The average Bonchev–Trinajstić information content (AvgIpc) is 3.16. The molecule has 0 saturated heterocycles. The highest BCUT2D eigenvalue weighted by atomic mass is 32.2. The van der Waals surface area contributed by atoms with E-state index in [0.29, 0.717) is 0 Å². The van der Waals surface area contributed by atoms with Gasteiger partial charge in [0.25, 0.3) is 5.91 Å². The van der Waals surface area contributed by atoms with Gasteiger partial charge in [0.2, 0.25) is 15.7 Å². The number of esters is 1. The third kappa shape index (κ3) is 4.89. The van der Waals surface area contributed by atoms with Crippen molar-refractivity contribution in [2.45, 2.75) is 25.7 Å². The molecule has 0 spiro atoms. The van der Waals surface area contributed by atoms with Crippen LogP contribution in [-0.2, 0) is 14.8 Å². The van der Waals surface area contributed by atoms with Crippen molar-refractivity contribution in [1.82, 2.24) is 13.9 Å². The molecule has 1 N–H and O–H groups in total. The first kappa shape index (κ1) is 22.7. The van der Waals surface area contributed by atoms with Crippen LogP contribution in [0.3, 0.4) is 0 Å². The van der Waals surface area contributed by atoms with Crippen molar-refractivity contribution in [2.24, 2.45) is 0 Å². The molecular formula is C17H22N4O6S2. The molecule has 0 fully saturated rings. The molecule has 0 bridgehead atoms. The van der Waals surface area contributed by atoms with Crippen molar-refractivity contribution >= 4 is 38.4 Å². The summed E-state index contributed by atoms with van der Waals surface area (Å²) in [6.45, 7) is 5.78. The summed E-state index contributed by atoms with van der Waals surface area (Å²) in [7, 11) is -2.51. The van der Waals surface area contributed by atoms with Crippen LogP contribution in [0.15, 0.2) is 23.1 Å². The van der Waals surface area contributed by atoms with Crippen LogP contribution < -0.4 is 10.1 Å². The van der Waals surface area contributed by atoms with Gasteiger partial charge in [-0.05, 0) is 25.1 Å². The van der Waals surface area contributed by atoms with Gasteiger partial charge in [-0.2, -0.15) is 4.31 Å². The molecule has 1 aromatic heterocycles. The zero-order valence-electron chi connectivity index (χ0n) is 16.5. The minimum Gasteiger partial charge on any atom is -0.495 e. The molecule has 1 heterocycles. The lowest BCUT2D eigenvalue weighted by Gasteiger charge is -2.20. The highest BCUT2D eigenvalue weighted by molar-refractivity contribution is 7.89. The van der Waals surface area contributed by atoms with Gasteiger partial charge in [-0.25, -0.2) is 13.2 Å². The Morgan fingerprint density at radius 1 is 1.21 bits per heavy atom. The average molecular weight is 443 g/mol. The van der Waals surface area contributed by atoms with E-state index in [9.17, 15) is 18.0 Å². The molecule has 12 heteroatoms. The number of aromatic nitrogens is 2. The standard InChI is InChI=1S/C17H22N4O6S2/c1-5-21(6-2)29(24,25)13-10-11(8-9-12(13)26-4)15(22)18-16-14(19-20-28-16)17(23)27-7-3/h8-10H,5-7H2,1-4H3,(H,18,22). The lowest BCUT2D eigenvalue weighted by Crippen LogP contribution is -2.31. The summed E-state index contributed by atoms with van der Waals surface area (Å²) in [5.41, 5.74) is -0.0468. The molecule has 0 aliphatic carbocycles. The predicted molar refractivity (Wildman–Crippen MR) is 107 cm³/mol. The normalized spacial score (nSPS) is 11.3. The number of nitrogens with one attached hydrogen (secondary N) is 1. The van der Waals surface area contributed by atoms with Crippen LogP contribution in [0.2, 0.25) is 0 Å². The molecule has 29 heavy (non-hydrogen) atoms. The number of sulfonamides is 1. The number of amides is 1. The molecule has 0 radical (unpaired) electrons. The number of benzene rings is 1. The highest BCUT2D eigenvalue weighted by Gasteiger charge is 2.27. The molecule has 1 aromatic carbocycles. The van der Waals surface area contributed by atoms with Gasteiger partial charge in [-0.15, -0.1) is 5.10 Å². The third-order valence-corrected chi connectivity index (χ3v) is 6.65. The maximum absolute atomic E-state index is 12.9. The summed E-state index contributed by atoms with van der Waals surface area (Å²) in [6, 6.07) is 4.07. The molecule has 0 unspecified atom stereocenters. The molecule has 0 saturated carbocycles. The van der Waals surface area contributed by atoms with E-state index in [1.54, 1.807) is 20.8 Å². The highest BCUT2D eigenvalue weighted by Crippen LogP contribution is 2.28. The fourth-order valence-corrected chi connectivity index (χ4v) is 4.70. The van der Waals surface area contributed by atoms with Crippen molar-refractivity contribution in [3.05, 3.63) is 29.5 Å². The van der Waals surface area contributed by atoms with Gasteiger partial charge >= 0.3 is 5.97 Å². The quantitative estimate of drug-likeness (QED) is 0.584. The predicted octanol–water partition coefficient (Wildman–Crippen LogP) is 2.01. The number of ether oxygens (including phenoxy) is 2. The number of nitrogens with zero attached hydrogens (tertiary/aromatic N) is 3. The van der Waals surface area contributed by atoms with E-state index >= 15 is 0 Å². The smallest absolute Gasteiger partial charge is 0.362 e. The zero-order valence-corrected chi connectivity index (χ0v) is 18.1. The van der Waals surface area contributed by atoms with Gasteiger partial charge in [0.05, 0.1) is 13.7 Å². The maximum Gasteiger partial charge on any atom is 0.362 e. The Bertz CT molecular complexity index is 986. The zero-order chi connectivity index (χ0) is 21.6. The maximum atomic E-state index is 12.9. The number of hydrogen-bond acceptors (Lipinski definition) is 9. The Morgan fingerprint density at radius 2 is 1.90 bits per heavy atom. The van der Waals surface area contributed by atoms with Crippen LogP contribution in [0.1, 0.15) is 41.6 Å². The first-order chi connectivity index (χ1) is 13.8. The number of rotatable bonds is 9. The van der Waals surface area contributed by atoms with Gasteiger partial charge in [-0.3, -0.25) is 4.79 Å². The molecular weight excluding hydrogens is 420 g/mol. The molecule has 10 nitrogen and oxygen atoms in total. The second kappa shape index (κ2) is 9.76. The lowest BCUT2D eigenvalue weighted by atomic mass is 10.2. The van der Waals surface area contributed by atoms with Crippen LogP contribution in [0.5, 0.6) is 5.75 Å². The topological polar surface area (TPSA) is 128 Å². The van der Waals surface area contributed by atoms with E-state index in [0.717, 1.165) is 11.5 Å². The van der Waals surface area contributed by atoms with Gasteiger partial charge in [0, 0.05) is 30.2 Å². The van der Waals surface area contributed by atoms with Crippen molar-refractivity contribution < 1.29 is 27.5 Å². The summed E-state index contributed by atoms with van der Waals surface area (Å²) >= 11 is 0.811. The van der Waals surface area contributed by atoms with Crippen molar-refractivity contribution in [3.63, 3.8) is 0 Å². The molecule has 158 valence electrons. The molecule has 0 aliphatic heterocycles. The van der Waals surface area contributed by atoms with E-state index in [1.165, 1.54) is 29.6 Å². The van der Waals surface area contributed by atoms with Crippen molar-refractivity contribution in [1.29, 1.82) is 0 Å². The Balaban J connectivity index is 2.38. The minimum absolute atomic E-state index is 0.0692. The minimum atomic E-state index is -3.86. The summed E-state index contributed by atoms with van der Waals surface area (Å²) < 4.78 is 40.8. The summed E-state index contributed by atoms with van der Waals surface area (Å²) in [5, 5.41) is 6.30. The first-order valence-electron chi connectivity index (χ1n) is 8.79. The van der Waals surface area contributed by atoms with Crippen LogP contribution in [0.4, 0.5) is 5.00 Å². The number of hydrogen-bond donors (Lipinski definition) is 1. The Kier molecular flexibility index (Phi) is 7.65. The second-order valence-electron chi connectivity index (χ2n) is 5.58.